The van der Waals surface area contributed by atoms with Crippen molar-refractivity contribution < 1.29 is 5.11 Å². The molecule has 1 aliphatic carbocycles. The largest absolute Gasteiger partial charge is 0.508 e. The summed E-state index contributed by atoms with van der Waals surface area (Å²) < 4.78 is 0. The lowest BCUT2D eigenvalue weighted by molar-refractivity contribution is 0.212. The van der Waals surface area contributed by atoms with Gasteiger partial charge in [-0.3, -0.25) is 4.90 Å². The van der Waals surface area contributed by atoms with E-state index in [1.165, 1.54) is 62.7 Å². The van der Waals surface area contributed by atoms with Gasteiger partial charge >= 0.3 is 0 Å². The Hall–Kier alpha value is -1.02. The van der Waals surface area contributed by atoms with E-state index in [1.54, 1.807) is 0 Å². The molecule has 1 fully saturated rings. The van der Waals surface area contributed by atoms with Gasteiger partial charge in [0, 0.05) is 12.6 Å². The number of phenolic OH excluding ortho intramolecular Hbond substituents is 1. The maximum absolute atomic E-state index is 9.77. The van der Waals surface area contributed by atoms with Gasteiger partial charge in [0.25, 0.3) is 0 Å². The van der Waals surface area contributed by atoms with Gasteiger partial charge < -0.3 is 5.11 Å². The highest BCUT2D eigenvalue weighted by atomic mass is 16.3. The average molecular weight is 259 g/mol. The molecule has 2 nitrogen and oxygen atoms in total. The van der Waals surface area contributed by atoms with Crippen molar-refractivity contribution in [1.29, 1.82) is 0 Å². The Labute approximate surface area is 116 Å². The average Bonchev–Trinajstić information content (AvgIpc) is 2.87. The second-order valence-electron chi connectivity index (χ2n) is 6.23. The molecule has 2 atom stereocenters. The summed E-state index contributed by atoms with van der Waals surface area (Å²) in [5, 5.41) is 9.77. The molecule has 1 N–H and O–H groups in total. The van der Waals surface area contributed by atoms with E-state index in [1.807, 2.05) is 12.1 Å². The number of hydrogen-bond acceptors (Lipinski definition) is 2. The quantitative estimate of drug-likeness (QED) is 0.890. The summed E-state index contributed by atoms with van der Waals surface area (Å²) >= 11 is 0. The number of benzene rings is 1. The summed E-state index contributed by atoms with van der Waals surface area (Å²) in [7, 11) is 0. The molecule has 0 bridgehead atoms. The molecule has 0 aromatic heterocycles. The van der Waals surface area contributed by atoms with Gasteiger partial charge in [0.1, 0.15) is 5.75 Å². The van der Waals surface area contributed by atoms with Crippen LogP contribution in [0.2, 0.25) is 0 Å². The molecule has 0 spiro atoms. The number of rotatable bonds is 3. The van der Waals surface area contributed by atoms with Gasteiger partial charge in [0.05, 0.1) is 0 Å². The fraction of sp³-hybridized carbons (Fsp3) is 0.647. The number of fused-ring (bicyclic) bond motifs is 1. The highest BCUT2D eigenvalue weighted by Crippen LogP contribution is 2.39. The highest BCUT2D eigenvalue weighted by Gasteiger charge is 2.31. The van der Waals surface area contributed by atoms with Crippen molar-refractivity contribution in [3.05, 3.63) is 29.3 Å². The fourth-order valence-electron chi connectivity index (χ4n) is 3.93. The molecule has 0 amide bonds. The number of phenols is 1. The van der Waals surface area contributed by atoms with E-state index in [2.05, 4.69) is 17.9 Å². The van der Waals surface area contributed by atoms with E-state index in [-0.39, 0.29) is 0 Å². The summed E-state index contributed by atoms with van der Waals surface area (Å²) in [4.78, 5) is 2.66. The van der Waals surface area contributed by atoms with Gasteiger partial charge in [0.2, 0.25) is 0 Å². The van der Waals surface area contributed by atoms with Gasteiger partial charge in [-0.2, -0.15) is 0 Å². The van der Waals surface area contributed by atoms with Gasteiger partial charge in [-0.25, -0.2) is 0 Å². The minimum Gasteiger partial charge on any atom is -0.508 e. The maximum atomic E-state index is 9.77. The van der Waals surface area contributed by atoms with Gasteiger partial charge in [0.15, 0.2) is 0 Å². The first-order valence-corrected chi connectivity index (χ1v) is 7.83. The number of nitrogens with zero attached hydrogens (tertiary/aromatic N) is 1. The third-order valence-electron chi connectivity index (χ3n) is 4.87. The molecule has 1 aromatic rings. The predicted octanol–water partition coefficient (Wildman–Crippen LogP) is 3.89. The van der Waals surface area contributed by atoms with E-state index in [0.29, 0.717) is 11.8 Å². The maximum Gasteiger partial charge on any atom is 0.115 e. The van der Waals surface area contributed by atoms with E-state index < -0.39 is 0 Å². The van der Waals surface area contributed by atoms with Crippen LogP contribution in [0, 0.1) is 5.92 Å². The smallest absolute Gasteiger partial charge is 0.115 e. The van der Waals surface area contributed by atoms with Gasteiger partial charge in [-0.15, -0.1) is 0 Å². The fourth-order valence-corrected chi connectivity index (χ4v) is 3.93. The highest BCUT2D eigenvalue weighted by molar-refractivity contribution is 5.38. The third-order valence-corrected chi connectivity index (χ3v) is 4.87. The molecule has 2 unspecified atom stereocenters. The van der Waals surface area contributed by atoms with Gasteiger partial charge in [-0.05, 0) is 67.8 Å². The van der Waals surface area contributed by atoms with Crippen molar-refractivity contribution in [2.75, 3.05) is 13.1 Å². The summed E-state index contributed by atoms with van der Waals surface area (Å²) in [6.45, 7) is 4.79. The van der Waals surface area contributed by atoms with Crippen molar-refractivity contribution in [2.45, 2.75) is 51.5 Å². The van der Waals surface area contributed by atoms with Crippen molar-refractivity contribution in [3.8, 4) is 5.75 Å². The molecular weight excluding hydrogens is 234 g/mol. The Balaban J connectivity index is 1.78. The lowest BCUT2D eigenvalue weighted by Gasteiger charge is -2.33. The zero-order valence-electron chi connectivity index (χ0n) is 11.9. The van der Waals surface area contributed by atoms with Crippen LogP contribution < -0.4 is 0 Å². The molecule has 104 valence electrons. The molecular formula is C17H25NO. The Morgan fingerprint density at radius 2 is 2.21 bits per heavy atom. The Kier molecular flexibility index (Phi) is 3.79. The minimum atomic E-state index is 0.426. The van der Waals surface area contributed by atoms with Gasteiger partial charge in [-0.1, -0.05) is 19.4 Å². The van der Waals surface area contributed by atoms with Crippen LogP contribution in [0.4, 0.5) is 0 Å². The Morgan fingerprint density at radius 1 is 1.32 bits per heavy atom. The molecule has 1 aromatic carbocycles. The molecule has 1 heterocycles. The molecule has 1 aliphatic heterocycles. The SMILES string of the molecule is CCCC1CCN(C2CCCc3ccc(O)cc32)C1. The van der Waals surface area contributed by atoms with Crippen molar-refractivity contribution in [1.82, 2.24) is 4.90 Å². The Bertz CT molecular complexity index is 443. The predicted molar refractivity (Wildman–Crippen MR) is 78.4 cm³/mol. The first-order chi connectivity index (χ1) is 9.28. The van der Waals surface area contributed by atoms with Crippen LogP contribution in [0.3, 0.4) is 0 Å². The zero-order valence-corrected chi connectivity index (χ0v) is 11.9. The van der Waals surface area contributed by atoms with Crippen LogP contribution in [0.1, 0.15) is 56.2 Å². The van der Waals surface area contributed by atoms with Crippen LogP contribution >= 0.6 is 0 Å². The van der Waals surface area contributed by atoms with Crippen LogP contribution in [0.5, 0.6) is 5.75 Å². The second kappa shape index (κ2) is 5.54. The van der Waals surface area contributed by atoms with Crippen molar-refractivity contribution in [2.24, 2.45) is 5.92 Å². The van der Waals surface area contributed by atoms with Crippen LogP contribution in [-0.4, -0.2) is 23.1 Å². The summed E-state index contributed by atoms with van der Waals surface area (Å²) in [5.41, 5.74) is 2.84. The summed E-state index contributed by atoms with van der Waals surface area (Å²) in [5.74, 6) is 1.32. The van der Waals surface area contributed by atoms with Crippen molar-refractivity contribution >= 4 is 0 Å². The van der Waals surface area contributed by atoms with E-state index in [4.69, 9.17) is 0 Å². The Morgan fingerprint density at radius 3 is 3.05 bits per heavy atom. The summed E-state index contributed by atoms with van der Waals surface area (Å²) in [6.07, 6.45) is 7.76. The number of aromatic hydroxyl groups is 1. The lowest BCUT2D eigenvalue weighted by Crippen LogP contribution is -2.29. The first kappa shape index (κ1) is 13.0. The first-order valence-electron chi connectivity index (χ1n) is 7.83. The van der Waals surface area contributed by atoms with E-state index >= 15 is 0 Å². The molecule has 3 rings (SSSR count). The summed E-state index contributed by atoms with van der Waals surface area (Å²) in [6, 6.07) is 6.52. The minimum absolute atomic E-state index is 0.426. The normalized spacial score (nSPS) is 27.4. The molecule has 19 heavy (non-hydrogen) atoms. The molecule has 0 radical (unpaired) electrons. The third kappa shape index (κ3) is 2.64. The number of aryl methyl sites for hydroxylation is 1. The van der Waals surface area contributed by atoms with Crippen molar-refractivity contribution in [3.63, 3.8) is 0 Å². The number of likely N-dealkylation sites (tertiary alicyclic amines) is 1. The topological polar surface area (TPSA) is 23.5 Å². The second-order valence-corrected chi connectivity index (χ2v) is 6.23. The van der Waals surface area contributed by atoms with E-state index in [9.17, 15) is 5.11 Å². The van der Waals surface area contributed by atoms with Crippen LogP contribution in [0.25, 0.3) is 0 Å². The number of hydrogen-bond donors (Lipinski definition) is 1. The molecule has 1 saturated heterocycles. The van der Waals surface area contributed by atoms with E-state index in [0.717, 1.165) is 5.92 Å². The molecule has 2 aliphatic rings. The zero-order chi connectivity index (χ0) is 13.2. The lowest BCUT2D eigenvalue weighted by atomic mass is 9.86. The van der Waals surface area contributed by atoms with Crippen LogP contribution in [0.15, 0.2) is 18.2 Å². The standard InChI is InChI=1S/C17H25NO/c1-2-4-13-9-10-18(12-13)17-6-3-5-14-7-8-15(19)11-16(14)17/h7-8,11,13,17,19H,2-6,9-10,12H2,1H3. The monoisotopic (exact) mass is 259 g/mol. The molecule has 2 heteroatoms. The molecule has 0 saturated carbocycles. The van der Waals surface area contributed by atoms with Crippen LogP contribution in [-0.2, 0) is 6.42 Å².